The van der Waals surface area contributed by atoms with Crippen LogP contribution in [0.5, 0.6) is 0 Å². The molecule has 1 heterocycles. The van der Waals surface area contributed by atoms with Crippen molar-refractivity contribution in [2.75, 3.05) is 13.1 Å². The molecule has 1 aromatic rings. The van der Waals surface area contributed by atoms with E-state index in [1.807, 2.05) is 24.3 Å². The molecule has 1 aliphatic rings. The van der Waals surface area contributed by atoms with Crippen molar-refractivity contribution in [1.29, 1.82) is 0 Å². The third-order valence-electron chi connectivity index (χ3n) is 2.71. The molecule has 1 saturated heterocycles. The molecule has 4 heteroatoms. The normalized spacial score (nSPS) is 21.3. The lowest BCUT2D eigenvalue weighted by Crippen LogP contribution is -2.42. The van der Waals surface area contributed by atoms with Crippen molar-refractivity contribution in [2.45, 2.75) is 18.9 Å². The van der Waals surface area contributed by atoms with Crippen LogP contribution in [0.2, 0.25) is 5.02 Å². The fourth-order valence-electron chi connectivity index (χ4n) is 1.81. The number of halogens is 1. The number of hydrogen-bond donors (Lipinski definition) is 2. The van der Waals surface area contributed by atoms with E-state index in [4.69, 9.17) is 11.6 Å². The van der Waals surface area contributed by atoms with Crippen LogP contribution >= 0.6 is 11.6 Å². The van der Waals surface area contributed by atoms with Gasteiger partial charge in [-0.15, -0.1) is 0 Å². The highest BCUT2D eigenvalue weighted by molar-refractivity contribution is 6.30. The van der Waals surface area contributed by atoms with E-state index in [0.29, 0.717) is 6.42 Å². The molecular weight excluding hydrogens is 224 g/mol. The van der Waals surface area contributed by atoms with E-state index in [9.17, 15) is 4.79 Å². The summed E-state index contributed by atoms with van der Waals surface area (Å²) in [4.78, 5) is 11.7. The van der Waals surface area contributed by atoms with Gasteiger partial charge in [-0.2, -0.15) is 0 Å². The molecule has 1 aromatic carbocycles. The van der Waals surface area contributed by atoms with Gasteiger partial charge in [0.25, 0.3) is 0 Å². The van der Waals surface area contributed by atoms with Crippen molar-refractivity contribution >= 4 is 17.5 Å². The average Bonchev–Trinajstić information content (AvgIpc) is 2.48. The van der Waals surface area contributed by atoms with Gasteiger partial charge in [0.2, 0.25) is 5.91 Å². The predicted octanol–water partition coefficient (Wildman–Crippen LogP) is 1.36. The van der Waals surface area contributed by atoms with Crippen LogP contribution in [0, 0.1) is 0 Å². The lowest BCUT2D eigenvalue weighted by atomic mass is 10.1. The van der Waals surface area contributed by atoms with Crippen LogP contribution in [0.3, 0.4) is 0 Å². The first-order valence-electron chi connectivity index (χ1n) is 5.51. The smallest absolute Gasteiger partial charge is 0.237 e. The Labute approximate surface area is 100 Å². The van der Waals surface area contributed by atoms with Crippen LogP contribution in [0.1, 0.15) is 12.0 Å². The molecule has 86 valence electrons. The van der Waals surface area contributed by atoms with Crippen LogP contribution in [-0.2, 0) is 11.2 Å². The molecule has 2 N–H and O–H groups in total. The number of hydrogen-bond acceptors (Lipinski definition) is 2. The maximum Gasteiger partial charge on any atom is 0.237 e. The van der Waals surface area contributed by atoms with E-state index in [2.05, 4.69) is 10.6 Å². The third kappa shape index (κ3) is 2.97. The first-order chi connectivity index (χ1) is 7.75. The second kappa shape index (κ2) is 5.32. The largest absolute Gasteiger partial charge is 0.355 e. The Morgan fingerprint density at radius 1 is 1.25 bits per heavy atom. The van der Waals surface area contributed by atoms with Gasteiger partial charge in [0.15, 0.2) is 0 Å². The minimum Gasteiger partial charge on any atom is -0.355 e. The van der Waals surface area contributed by atoms with E-state index >= 15 is 0 Å². The lowest BCUT2D eigenvalue weighted by molar-refractivity contribution is -0.122. The number of rotatable bonds is 2. The zero-order valence-corrected chi connectivity index (χ0v) is 9.76. The van der Waals surface area contributed by atoms with Crippen molar-refractivity contribution in [3.05, 3.63) is 34.9 Å². The van der Waals surface area contributed by atoms with Gasteiger partial charge in [0, 0.05) is 11.6 Å². The number of benzene rings is 1. The van der Waals surface area contributed by atoms with E-state index < -0.39 is 0 Å². The number of amides is 1. The van der Waals surface area contributed by atoms with Crippen molar-refractivity contribution in [1.82, 2.24) is 10.6 Å². The second-order valence-corrected chi connectivity index (χ2v) is 4.42. The van der Waals surface area contributed by atoms with Gasteiger partial charge in [-0.25, -0.2) is 0 Å². The molecule has 0 aliphatic carbocycles. The van der Waals surface area contributed by atoms with Crippen molar-refractivity contribution in [3.8, 4) is 0 Å². The van der Waals surface area contributed by atoms with E-state index in [1.165, 1.54) is 0 Å². The van der Waals surface area contributed by atoms with Crippen LogP contribution in [0.15, 0.2) is 24.3 Å². The monoisotopic (exact) mass is 238 g/mol. The Balaban J connectivity index is 2.02. The maximum atomic E-state index is 11.7. The Hall–Kier alpha value is -1.06. The van der Waals surface area contributed by atoms with Gasteiger partial charge >= 0.3 is 0 Å². The molecule has 1 aliphatic heterocycles. The van der Waals surface area contributed by atoms with Crippen molar-refractivity contribution in [2.24, 2.45) is 0 Å². The zero-order chi connectivity index (χ0) is 11.4. The molecule has 1 amide bonds. The molecule has 2 rings (SSSR count). The average molecular weight is 239 g/mol. The quantitative estimate of drug-likeness (QED) is 0.817. The van der Waals surface area contributed by atoms with Gasteiger partial charge in [-0.1, -0.05) is 23.7 Å². The molecule has 0 bridgehead atoms. The first-order valence-corrected chi connectivity index (χ1v) is 5.89. The topological polar surface area (TPSA) is 41.1 Å². The SMILES string of the molecule is O=C1NCCCNC1Cc1ccc(Cl)cc1. The summed E-state index contributed by atoms with van der Waals surface area (Å²) < 4.78 is 0. The standard InChI is InChI=1S/C12H15ClN2O/c13-10-4-2-9(3-5-10)8-11-12(16)15-7-1-6-14-11/h2-5,11,14H,1,6-8H2,(H,15,16). The highest BCUT2D eigenvalue weighted by Crippen LogP contribution is 2.11. The summed E-state index contributed by atoms with van der Waals surface area (Å²) in [6.07, 6.45) is 1.70. The number of carbonyl (C=O) groups excluding carboxylic acids is 1. The summed E-state index contributed by atoms with van der Waals surface area (Å²) in [7, 11) is 0. The highest BCUT2D eigenvalue weighted by Gasteiger charge is 2.19. The molecule has 0 spiro atoms. The summed E-state index contributed by atoms with van der Waals surface area (Å²) in [5.74, 6) is 0.0902. The number of carbonyl (C=O) groups is 1. The molecule has 0 aromatic heterocycles. The van der Waals surface area contributed by atoms with Crippen LogP contribution in [-0.4, -0.2) is 25.0 Å². The van der Waals surface area contributed by atoms with E-state index in [1.54, 1.807) is 0 Å². The van der Waals surface area contributed by atoms with Crippen LogP contribution in [0.4, 0.5) is 0 Å². The first kappa shape index (κ1) is 11.4. The van der Waals surface area contributed by atoms with E-state index in [-0.39, 0.29) is 11.9 Å². The van der Waals surface area contributed by atoms with E-state index in [0.717, 1.165) is 30.1 Å². The summed E-state index contributed by atoms with van der Waals surface area (Å²) in [5, 5.41) is 6.87. The summed E-state index contributed by atoms with van der Waals surface area (Å²) in [6, 6.07) is 7.50. The third-order valence-corrected chi connectivity index (χ3v) is 2.97. The van der Waals surface area contributed by atoms with Gasteiger partial charge in [-0.3, -0.25) is 4.79 Å². The Bertz CT molecular complexity index is 364. The fourth-order valence-corrected chi connectivity index (χ4v) is 1.94. The Morgan fingerprint density at radius 2 is 2.00 bits per heavy atom. The lowest BCUT2D eigenvalue weighted by Gasteiger charge is -2.14. The molecule has 1 fully saturated rings. The van der Waals surface area contributed by atoms with Gasteiger partial charge in [0.1, 0.15) is 0 Å². The summed E-state index contributed by atoms with van der Waals surface area (Å²) in [6.45, 7) is 1.65. The zero-order valence-electron chi connectivity index (χ0n) is 9.00. The molecule has 0 radical (unpaired) electrons. The second-order valence-electron chi connectivity index (χ2n) is 3.98. The Morgan fingerprint density at radius 3 is 2.75 bits per heavy atom. The number of nitrogens with one attached hydrogen (secondary N) is 2. The summed E-state index contributed by atoms with van der Waals surface area (Å²) in [5.41, 5.74) is 1.12. The molecule has 1 atom stereocenters. The fraction of sp³-hybridized carbons (Fsp3) is 0.417. The molecule has 16 heavy (non-hydrogen) atoms. The minimum absolute atomic E-state index is 0.0902. The summed E-state index contributed by atoms with van der Waals surface area (Å²) >= 11 is 5.81. The van der Waals surface area contributed by atoms with Crippen LogP contribution in [0.25, 0.3) is 0 Å². The highest BCUT2D eigenvalue weighted by atomic mass is 35.5. The van der Waals surface area contributed by atoms with Gasteiger partial charge in [-0.05, 0) is 37.1 Å². The van der Waals surface area contributed by atoms with Crippen LogP contribution < -0.4 is 10.6 Å². The van der Waals surface area contributed by atoms with Crippen molar-refractivity contribution < 1.29 is 4.79 Å². The Kier molecular flexibility index (Phi) is 3.80. The van der Waals surface area contributed by atoms with Crippen molar-refractivity contribution in [3.63, 3.8) is 0 Å². The molecular formula is C12H15ClN2O. The molecule has 1 unspecified atom stereocenters. The van der Waals surface area contributed by atoms with Gasteiger partial charge < -0.3 is 10.6 Å². The minimum atomic E-state index is -0.122. The molecule has 0 saturated carbocycles. The molecule has 3 nitrogen and oxygen atoms in total. The van der Waals surface area contributed by atoms with Gasteiger partial charge in [0.05, 0.1) is 6.04 Å². The predicted molar refractivity (Wildman–Crippen MR) is 64.6 cm³/mol. The maximum absolute atomic E-state index is 11.7.